The van der Waals surface area contributed by atoms with Crippen LogP contribution in [0.3, 0.4) is 0 Å². The Balaban J connectivity index is 1.98. The lowest BCUT2D eigenvalue weighted by molar-refractivity contribution is -0.124. The molecule has 20 heavy (non-hydrogen) atoms. The highest BCUT2D eigenvalue weighted by atomic mass is 16.1. The van der Waals surface area contributed by atoms with Crippen molar-refractivity contribution < 1.29 is 4.79 Å². The minimum absolute atomic E-state index is 0.256. The second-order valence-corrected chi connectivity index (χ2v) is 5.78. The van der Waals surface area contributed by atoms with E-state index in [9.17, 15) is 4.79 Å². The van der Waals surface area contributed by atoms with Crippen LogP contribution in [0.1, 0.15) is 33.1 Å². The largest absolute Gasteiger partial charge is 0.372 e. The SMILES string of the molecule is CCN(CCC(C)(NC1CC1)C(N)=O)c1ccccc1. The first-order valence-electron chi connectivity index (χ1n) is 7.43. The van der Waals surface area contributed by atoms with E-state index in [1.165, 1.54) is 5.69 Å². The van der Waals surface area contributed by atoms with Gasteiger partial charge in [-0.15, -0.1) is 0 Å². The highest BCUT2D eigenvalue weighted by Crippen LogP contribution is 2.24. The molecule has 1 fully saturated rings. The molecule has 0 spiro atoms. The molecule has 0 aliphatic heterocycles. The zero-order valence-electron chi connectivity index (χ0n) is 12.4. The number of amides is 1. The molecular formula is C16H25N3O. The third-order valence-electron chi connectivity index (χ3n) is 4.03. The Morgan fingerprint density at radius 1 is 1.40 bits per heavy atom. The van der Waals surface area contributed by atoms with E-state index in [1.54, 1.807) is 0 Å². The van der Waals surface area contributed by atoms with Gasteiger partial charge in [-0.2, -0.15) is 0 Å². The third-order valence-corrected chi connectivity index (χ3v) is 4.03. The van der Waals surface area contributed by atoms with Crippen molar-refractivity contribution >= 4 is 11.6 Å². The summed E-state index contributed by atoms with van der Waals surface area (Å²) in [7, 11) is 0. The third kappa shape index (κ3) is 3.73. The number of carbonyl (C=O) groups is 1. The van der Waals surface area contributed by atoms with Gasteiger partial charge >= 0.3 is 0 Å². The maximum absolute atomic E-state index is 11.8. The van der Waals surface area contributed by atoms with Gasteiger partial charge < -0.3 is 16.0 Å². The van der Waals surface area contributed by atoms with Crippen LogP contribution < -0.4 is 16.0 Å². The summed E-state index contributed by atoms with van der Waals surface area (Å²) >= 11 is 0. The lowest BCUT2D eigenvalue weighted by Crippen LogP contribution is -2.55. The molecule has 1 aromatic carbocycles. The first kappa shape index (κ1) is 14.9. The summed E-state index contributed by atoms with van der Waals surface area (Å²) in [5.41, 5.74) is 6.17. The number of anilines is 1. The van der Waals surface area contributed by atoms with E-state index in [1.807, 2.05) is 25.1 Å². The molecule has 4 nitrogen and oxygen atoms in total. The van der Waals surface area contributed by atoms with E-state index in [-0.39, 0.29) is 5.91 Å². The van der Waals surface area contributed by atoms with Gasteiger partial charge in [-0.05, 0) is 45.2 Å². The summed E-state index contributed by atoms with van der Waals surface area (Å²) in [6, 6.07) is 10.7. The van der Waals surface area contributed by atoms with Crippen molar-refractivity contribution in [2.75, 3.05) is 18.0 Å². The van der Waals surface area contributed by atoms with Crippen molar-refractivity contribution in [2.45, 2.75) is 44.7 Å². The first-order valence-corrected chi connectivity index (χ1v) is 7.43. The van der Waals surface area contributed by atoms with Gasteiger partial charge in [-0.1, -0.05) is 18.2 Å². The van der Waals surface area contributed by atoms with Crippen molar-refractivity contribution in [2.24, 2.45) is 5.73 Å². The van der Waals surface area contributed by atoms with Crippen molar-refractivity contribution in [1.29, 1.82) is 0 Å². The summed E-state index contributed by atoms with van der Waals surface area (Å²) < 4.78 is 0. The van der Waals surface area contributed by atoms with Gasteiger partial charge in [0.2, 0.25) is 5.91 Å². The number of benzene rings is 1. The lowest BCUT2D eigenvalue weighted by atomic mass is 9.96. The highest BCUT2D eigenvalue weighted by molar-refractivity contribution is 5.84. The van der Waals surface area contributed by atoms with Gasteiger partial charge in [0.05, 0.1) is 5.54 Å². The second kappa shape index (κ2) is 6.27. The van der Waals surface area contributed by atoms with Gasteiger partial charge in [-0.3, -0.25) is 4.79 Å². The molecule has 3 N–H and O–H groups in total. The minimum Gasteiger partial charge on any atom is -0.372 e. The number of nitrogens with two attached hydrogens (primary N) is 1. The molecule has 1 saturated carbocycles. The zero-order chi connectivity index (χ0) is 14.6. The van der Waals surface area contributed by atoms with Crippen LogP contribution in [0.15, 0.2) is 30.3 Å². The van der Waals surface area contributed by atoms with E-state index in [4.69, 9.17) is 5.73 Å². The van der Waals surface area contributed by atoms with E-state index < -0.39 is 5.54 Å². The fraction of sp³-hybridized carbons (Fsp3) is 0.562. The number of hydrogen-bond donors (Lipinski definition) is 2. The van der Waals surface area contributed by atoms with Crippen LogP contribution in [0.25, 0.3) is 0 Å². The van der Waals surface area contributed by atoms with Gasteiger partial charge in [0.15, 0.2) is 0 Å². The van der Waals surface area contributed by atoms with Gasteiger partial charge in [0, 0.05) is 24.8 Å². The average Bonchev–Trinajstić information content (AvgIpc) is 3.24. The van der Waals surface area contributed by atoms with E-state index in [0.717, 1.165) is 32.4 Å². The van der Waals surface area contributed by atoms with Crippen LogP contribution in [-0.4, -0.2) is 30.6 Å². The maximum Gasteiger partial charge on any atom is 0.237 e. The number of primary amides is 1. The molecule has 0 bridgehead atoms. The van der Waals surface area contributed by atoms with Crippen molar-refractivity contribution in [3.8, 4) is 0 Å². The van der Waals surface area contributed by atoms with Crippen molar-refractivity contribution in [3.63, 3.8) is 0 Å². The minimum atomic E-state index is -0.608. The van der Waals surface area contributed by atoms with Gasteiger partial charge in [0.25, 0.3) is 0 Å². The predicted molar refractivity (Wildman–Crippen MR) is 82.7 cm³/mol. The van der Waals surface area contributed by atoms with Crippen molar-refractivity contribution in [3.05, 3.63) is 30.3 Å². The standard InChI is InChI=1S/C16H25N3O/c1-3-19(14-7-5-4-6-8-14)12-11-16(2,15(17)20)18-13-9-10-13/h4-8,13,18H,3,9-12H2,1-2H3,(H2,17,20). The van der Waals surface area contributed by atoms with Crippen LogP contribution in [0.5, 0.6) is 0 Å². The van der Waals surface area contributed by atoms with Gasteiger partial charge in [0.1, 0.15) is 0 Å². The van der Waals surface area contributed by atoms with Crippen LogP contribution in [0, 0.1) is 0 Å². The first-order chi connectivity index (χ1) is 9.55. The molecule has 1 amide bonds. The van der Waals surface area contributed by atoms with Crippen molar-refractivity contribution in [1.82, 2.24) is 5.32 Å². The fourth-order valence-corrected chi connectivity index (χ4v) is 2.41. The van der Waals surface area contributed by atoms with E-state index in [0.29, 0.717) is 6.04 Å². The van der Waals surface area contributed by atoms with E-state index >= 15 is 0 Å². The highest BCUT2D eigenvalue weighted by Gasteiger charge is 2.36. The molecular weight excluding hydrogens is 250 g/mol. The molecule has 2 rings (SSSR count). The molecule has 110 valence electrons. The topological polar surface area (TPSA) is 58.4 Å². The number of rotatable bonds is 8. The summed E-state index contributed by atoms with van der Waals surface area (Å²) in [4.78, 5) is 14.0. The van der Waals surface area contributed by atoms with Crippen LogP contribution in [-0.2, 0) is 4.79 Å². The molecule has 1 unspecified atom stereocenters. The summed E-state index contributed by atoms with van der Waals surface area (Å²) in [5.74, 6) is -0.256. The number of nitrogens with one attached hydrogen (secondary N) is 1. The monoisotopic (exact) mass is 275 g/mol. The Labute approximate surface area is 121 Å². The smallest absolute Gasteiger partial charge is 0.237 e. The Bertz CT molecular complexity index is 444. The van der Waals surface area contributed by atoms with E-state index in [2.05, 4.69) is 29.3 Å². The fourth-order valence-electron chi connectivity index (χ4n) is 2.41. The average molecular weight is 275 g/mol. The summed E-state index contributed by atoms with van der Waals surface area (Å²) in [6.45, 7) is 5.79. The molecule has 0 aromatic heterocycles. The zero-order valence-corrected chi connectivity index (χ0v) is 12.4. The molecule has 0 radical (unpaired) electrons. The van der Waals surface area contributed by atoms with Crippen LogP contribution >= 0.6 is 0 Å². The Morgan fingerprint density at radius 3 is 2.55 bits per heavy atom. The number of carbonyl (C=O) groups excluding carboxylic acids is 1. The molecule has 1 aliphatic carbocycles. The summed E-state index contributed by atoms with van der Waals surface area (Å²) in [6.07, 6.45) is 3.03. The van der Waals surface area contributed by atoms with Gasteiger partial charge in [-0.25, -0.2) is 0 Å². The molecule has 0 heterocycles. The number of para-hydroxylation sites is 1. The molecule has 4 heteroatoms. The predicted octanol–water partition coefficient (Wildman–Crippen LogP) is 1.90. The molecule has 1 aromatic rings. The van der Waals surface area contributed by atoms with Crippen LogP contribution in [0.2, 0.25) is 0 Å². The maximum atomic E-state index is 11.8. The quantitative estimate of drug-likeness (QED) is 0.762. The molecule has 1 atom stereocenters. The Hall–Kier alpha value is -1.55. The summed E-state index contributed by atoms with van der Waals surface area (Å²) in [5, 5.41) is 3.40. The normalized spacial score (nSPS) is 17.5. The Morgan fingerprint density at radius 2 is 2.05 bits per heavy atom. The lowest BCUT2D eigenvalue weighted by Gasteiger charge is -2.31. The number of hydrogen-bond acceptors (Lipinski definition) is 3. The molecule has 1 aliphatic rings. The molecule has 0 saturated heterocycles. The Kier molecular flexibility index (Phi) is 4.65. The number of nitrogens with zero attached hydrogens (tertiary/aromatic N) is 1. The van der Waals surface area contributed by atoms with Crippen LogP contribution in [0.4, 0.5) is 5.69 Å². The second-order valence-electron chi connectivity index (χ2n) is 5.78.